The van der Waals surface area contributed by atoms with Crippen LogP contribution in [0.2, 0.25) is 5.02 Å². The van der Waals surface area contributed by atoms with Crippen LogP contribution in [0.15, 0.2) is 33.9 Å². The number of hydrogen-bond donors (Lipinski definition) is 0. The van der Waals surface area contributed by atoms with E-state index in [0.717, 1.165) is 6.26 Å². The summed E-state index contributed by atoms with van der Waals surface area (Å²) in [4.78, 5) is 15.4. The summed E-state index contributed by atoms with van der Waals surface area (Å²) in [5.74, 6) is -0.663. The number of methoxy groups -OCH3 is 1. The average Bonchev–Trinajstić information content (AvgIpc) is 2.89. The van der Waals surface area contributed by atoms with Crippen molar-refractivity contribution in [3.8, 4) is 11.5 Å². The van der Waals surface area contributed by atoms with Gasteiger partial charge in [0.05, 0.1) is 34.4 Å². The number of nitrogens with zero attached hydrogens (tertiary/aromatic N) is 1. The number of carbonyl (C=O) groups is 1. The zero-order valence-corrected chi connectivity index (χ0v) is 12.2. The van der Waals surface area contributed by atoms with Crippen LogP contribution in [0.25, 0.3) is 11.5 Å². The highest BCUT2D eigenvalue weighted by atomic mass is 35.5. The fourth-order valence-electron chi connectivity index (χ4n) is 1.68. The van der Waals surface area contributed by atoms with Gasteiger partial charge in [-0.3, -0.25) is 0 Å². The van der Waals surface area contributed by atoms with Crippen LogP contribution in [0.5, 0.6) is 0 Å². The van der Waals surface area contributed by atoms with E-state index >= 15 is 0 Å². The molecule has 0 fully saturated rings. The van der Waals surface area contributed by atoms with E-state index < -0.39 is 15.8 Å². The van der Waals surface area contributed by atoms with Crippen molar-refractivity contribution in [3.63, 3.8) is 0 Å². The lowest BCUT2D eigenvalue weighted by atomic mass is 10.1. The number of oxazole rings is 1. The van der Waals surface area contributed by atoms with E-state index in [9.17, 15) is 13.2 Å². The van der Waals surface area contributed by atoms with Crippen molar-refractivity contribution in [2.75, 3.05) is 13.4 Å². The van der Waals surface area contributed by atoms with Gasteiger partial charge in [0.15, 0.2) is 9.84 Å². The molecule has 2 aromatic rings. The third kappa shape index (κ3) is 2.54. The molecule has 8 heteroatoms. The van der Waals surface area contributed by atoms with E-state index in [-0.39, 0.29) is 26.9 Å². The van der Waals surface area contributed by atoms with E-state index in [1.807, 2.05) is 0 Å². The number of sulfone groups is 1. The van der Waals surface area contributed by atoms with Gasteiger partial charge in [-0.05, 0) is 12.1 Å². The molecule has 106 valence electrons. The Balaban J connectivity index is 2.81. The third-order valence-corrected chi connectivity index (χ3v) is 4.09. The first kappa shape index (κ1) is 14.5. The van der Waals surface area contributed by atoms with Crippen LogP contribution in [-0.2, 0) is 14.6 Å². The summed E-state index contributed by atoms with van der Waals surface area (Å²) < 4.78 is 33.3. The molecule has 1 heterocycles. The summed E-state index contributed by atoms with van der Waals surface area (Å²) in [5, 5.41) is -0.0813. The molecule has 0 aliphatic rings. The molecule has 0 aliphatic heterocycles. The molecule has 0 amide bonds. The lowest BCUT2D eigenvalue weighted by Gasteiger charge is -2.10. The summed E-state index contributed by atoms with van der Waals surface area (Å²) in [5.41, 5.74) is 0.0804. The minimum Gasteiger partial charge on any atom is -0.465 e. The van der Waals surface area contributed by atoms with Gasteiger partial charge in [-0.15, -0.1) is 0 Å². The maximum absolute atomic E-state index is 11.8. The molecule has 0 aliphatic carbocycles. The van der Waals surface area contributed by atoms with Crippen molar-refractivity contribution in [1.29, 1.82) is 0 Å². The van der Waals surface area contributed by atoms with E-state index in [0.29, 0.717) is 0 Å². The Morgan fingerprint density at radius 2 is 2.10 bits per heavy atom. The standard InChI is InChI=1S/C12H10ClNO5S/c1-18-12(15)7-3-4-8(20(2,16)17)9(10(7)13)11-14-5-6-19-11/h3-6H,1-2H3. The van der Waals surface area contributed by atoms with Gasteiger partial charge in [0.1, 0.15) is 6.26 Å². The Morgan fingerprint density at radius 3 is 2.60 bits per heavy atom. The molecular weight excluding hydrogens is 306 g/mol. The predicted octanol–water partition coefficient (Wildman–Crippen LogP) is 2.19. The smallest absolute Gasteiger partial charge is 0.339 e. The first-order valence-electron chi connectivity index (χ1n) is 5.37. The minimum atomic E-state index is -3.57. The largest absolute Gasteiger partial charge is 0.465 e. The molecular formula is C12H10ClNO5S. The lowest BCUT2D eigenvalue weighted by molar-refractivity contribution is 0.0601. The fourth-order valence-corrected chi connectivity index (χ4v) is 2.94. The predicted molar refractivity (Wildman–Crippen MR) is 71.4 cm³/mol. The van der Waals surface area contributed by atoms with Crippen LogP contribution >= 0.6 is 11.6 Å². The molecule has 0 atom stereocenters. The average molecular weight is 316 g/mol. The molecule has 6 nitrogen and oxygen atoms in total. The Labute approximate surface area is 120 Å². The second kappa shape index (κ2) is 5.26. The first-order chi connectivity index (χ1) is 9.36. The highest BCUT2D eigenvalue weighted by Gasteiger charge is 2.25. The molecule has 2 rings (SSSR count). The lowest BCUT2D eigenvalue weighted by Crippen LogP contribution is -2.07. The van der Waals surface area contributed by atoms with E-state index in [4.69, 9.17) is 16.0 Å². The van der Waals surface area contributed by atoms with Gasteiger partial charge < -0.3 is 9.15 Å². The molecule has 0 bridgehead atoms. The van der Waals surface area contributed by atoms with Gasteiger partial charge in [-0.1, -0.05) is 11.6 Å². The van der Waals surface area contributed by atoms with Gasteiger partial charge in [0.25, 0.3) is 0 Å². The zero-order valence-electron chi connectivity index (χ0n) is 10.6. The van der Waals surface area contributed by atoms with Crippen LogP contribution < -0.4 is 0 Å². The van der Waals surface area contributed by atoms with Crippen LogP contribution in [0.4, 0.5) is 0 Å². The Bertz CT molecular complexity index is 752. The summed E-state index contributed by atoms with van der Waals surface area (Å²) in [6.07, 6.45) is 3.66. The van der Waals surface area contributed by atoms with Crippen LogP contribution in [0, 0.1) is 0 Å². The summed E-state index contributed by atoms with van der Waals surface area (Å²) >= 11 is 6.12. The van der Waals surface area contributed by atoms with E-state index in [2.05, 4.69) is 9.72 Å². The van der Waals surface area contributed by atoms with E-state index in [1.54, 1.807) is 0 Å². The van der Waals surface area contributed by atoms with Crippen molar-refractivity contribution >= 4 is 27.4 Å². The summed E-state index contributed by atoms with van der Waals surface area (Å²) in [6, 6.07) is 2.56. The number of hydrogen-bond acceptors (Lipinski definition) is 6. The SMILES string of the molecule is COC(=O)c1ccc(S(C)(=O)=O)c(-c2ncco2)c1Cl. The summed E-state index contributed by atoms with van der Waals surface area (Å²) in [7, 11) is -2.37. The maximum atomic E-state index is 11.8. The van der Waals surface area contributed by atoms with E-state index in [1.165, 1.54) is 31.7 Å². The van der Waals surface area contributed by atoms with Crippen molar-refractivity contribution < 1.29 is 22.4 Å². The minimum absolute atomic E-state index is 0.0150. The number of ether oxygens (including phenoxy) is 1. The molecule has 20 heavy (non-hydrogen) atoms. The second-order valence-electron chi connectivity index (χ2n) is 3.90. The van der Waals surface area contributed by atoms with Crippen molar-refractivity contribution in [3.05, 3.63) is 35.2 Å². The molecule has 1 aromatic carbocycles. The fraction of sp³-hybridized carbons (Fsp3) is 0.167. The summed E-state index contributed by atoms with van der Waals surface area (Å²) in [6.45, 7) is 0. The molecule has 0 N–H and O–H groups in total. The molecule has 0 spiro atoms. The highest BCUT2D eigenvalue weighted by molar-refractivity contribution is 7.90. The Kier molecular flexibility index (Phi) is 3.82. The normalized spacial score (nSPS) is 11.3. The number of carbonyl (C=O) groups excluding carboxylic acids is 1. The number of esters is 1. The highest BCUT2D eigenvalue weighted by Crippen LogP contribution is 2.36. The van der Waals surface area contributed by atoms with Gasteiger partial charge in [-0.2, -0.15) is 0 Å². The topological polar surface area (TPSA) is 86.5 Å². The Hall–Kier alpha value is -1.86. The van der Waals surface area contributed by atoms with Crippen molar-refractivity contribution in [2.24, 2.45) is 0 Å². The number of benzene rings is 1. The van der Waals surface area contributed by atoms with Crippen molar-refractivity contribution in [1.82, 2.24) is 4.98 Å². The van der Waals surface area contributed by atoms with Gasteiger partial charge in [0, 0.05) is 6.26 Å². The first-order valence-corrected chi connectivity index (χ1v) is 7.64. The number of aromatic nitrogens is 1. The molecule has 1 aromatic heterocycles. The van der Waals surface area contributed by atoms with Gasteiger partial charge in [0.2, 0.25) is 5.89 Å². The van der Waals surface area contributed by atoms with Crippen molar-refractivity contribution in [2.45, 2.75) is 4.90 Å². The molecule has 0 saturated carbocycles. The van der Waals surface area contributed by atoms with Gasteiger partial charge in [-0.25, -0.2) is 18.2 Å². The number of rotatable bonds is 3. The molecule has 0 radical (unpaired) electrons. The van der Waals surface area contributed by atoms with Crippen LogP contribution in [0.3, 0.4) is 0 Å². The Morgan fingerprint density at radius 1 is 1.40 bits per heavy atom. The maximum Gasteiger partial charge on any atom is 0.339 e. The second-order valence-corrected chi connectivity index (χ2v) is 6.26. The van der Waals surface area contributed by atoms with Crippen LogP contribution in [-0.4, -0.2) is 32.7 Å². The monoisotopic (exact) mass is 315 g/mol. The van der Waals surface area contributed by atoms with Crippen LogP contribution in [0.1, 0.15) is 10.4 Å². The zero-order chi connectivity index (χ0) is 14.9. The van der Waals surface area contributed by atoms with Gasteiger partial charge >= 0.3 is 5.97 Å². The number of halogens is 1. The molecule has 0 saturated heterocycles. The quantitative estimate of drug-likeness (QED) is 0.807. The third-order valence-electron chi connectivity index (χ3n) is 2.55. The molecule has 0 unspecified atom stereocenters.